The van der Waals surface area contributed by atoms with Crippen molar-refractivity contribution < 1.29 is 4.79 Å². The third kappa shape index (κ3) is 2.88. The number of aromatic nitrogens is 4. The molecule has 150 valence electrons. The maximum Gasteiger partial charge on any atom is 0.227 e. The number of amides is 1. The zero-order valence-corrected chi connectivity index (χ0v) is 16.7. The quantitative estimate of drug-likeness (QED) is 0.711. The van der Waals surface area contributed by atoms with Crippen molar-refractivity contribution in [3.05, 3.63) is 47.7 Å². The van der Waals surface area contributed by atoms with Crippen LogP contribution in [0.5, 0.6) is 0 Å². The van der Waals surface area contributed by atoms with Crippen LogP contribution in [0.25, 0.3) is 10.9 Å². The highest BCUT2D eigenvalue weighted by Gasteiger charge is 2.51. The van der Waals surface area contributed by atoms with Crippen LogP contribution in [0.2, 0.25) is 0 Å². The smallest absolute Gasteiger partial charge is 0.227 e. The predicted octanol–water partition coefficient (Wildman–Crippen LogP) is 3.89. The SMILES string of the molecule is O=C(Cc1c[nH]c2ccccc12)N1CC(c2nc(C3CC3)n[nH]2)C2(CCCC2)C1. The molecule has 3 aromatic rings. The van der Waals surface area contributed by atoms with Crippen LogP contribution in [0.4, 0.5) is 0 Å². The Morgan fingerprint density at radius 3 is 2.86 bits per heavy atom. The molecule has 1 atom stereocenters. The number of aromatic amines is 2. The monoisotopic (exact) mass is 389 g/mol. The molecule has 2 aromatic heterocycles. The summed E-state index contributed by atoms with van der Waals surface area (Å²) in [5.74, 6) is 3.07. The average Bonchev–Trinajstić information content (AvgIpc) is 3.13. The molecule has 0 radical (unpaired) electrons. The number of nitrogens with zero attached hydrogens (tertiary/aromatic N) is 3. The molecule has 0 bridgehead atoms. The third-order valence-corrected chi connectivity index (χ3v) is 7.41. The lowest BCUT2D eigenvalue weighted by atomic mass is 9.76. The zero-order valence-electron chi connectivity index (χ0n) is 16.7. The Labute approximate surface area is 170 Å². The predicted molar refractivity (Wildman–Crippen MR) is 111 cm³/mol. The van der Waals surface area contributed by atoms with Crippen LogP contribution in [0.15, 0.2) is 30.5 Å². The van der Waals surface area contributed by atoms with Gasteiger partial charge in [-0.3, -0.25) is 9.89 Å². The summed E-state index contributed by atoms with van der Waals surface area (Å²) < 4.78 is 0. The van der Waals surface area contributed by atoms with Crippen molar-refractivity contribution in [1.82, 2.24) is 25.1 Å². The molecule has 2 N–H and O–H groups in total. The molecule has 6 nitrogen and oxygen atoms in total. The molecule has 3 fully saturated rings. The third-order valence-electron chi connectivity index (χ3n) is 7.41. The van der Waals surface area contributed by atoms with Gasteiger partial charge >= 0.3 is 0 Å². The lowest BCUT2D eigenvalue weighted by Gasteiger charge is -2.28. The van der Waals surface area contributed by atoms with E-state index in [0.29, 0.717) is 12.3 Å². The molecule has 1 amide bonds. The maximum atomic E-state index is 13.3. The van der Waals surface area contributed by atoms with Gasteiger partial charge in [0.2, 0.25) is 5.91 Å². The topological polar surface area (TPSA) is 77.7 Å². The van der Waals surface area contributed by atoms with Gasteiger partial charge in [-0.25, -0.2) is 4.98 Å². The van der Waals surface area contributed by atoms with Gasteiger partial charge in [0.25, 0.3) is 0 Å². The number of hydrogen-bond donors (Lipinski definition) is 2. The summed E-state index contributed by atoms with van der Waals surface area (Å²) in [5, 5.41) is 8.89. The van der Waals surface area contributed by atoms with Gasteiger partial charge in [0.1, 0.15) is 5.82 Å². The Bertz CT molecular complexity index is 1060. The van der Waals surface area contributed by atoms with E-state index in [4.69, 9.17) is 4.98 Å². The van der Waals surface area contributed by atoms with Crippen molar-refractivity contribution >= 4 is 16.8 Å². The van der Waals surface area contributed by atoms with Crippen LogP contribution in [0.1, 0.15) is 67.6 Å². The number of benzene rings is 1. The van der Waals surface area contributed by atoms with Crippen molar-refractivity contribution in [3.63, 3.8) is 0 Å². The van der Waals surface area contributed by atoms with Crippen molar-refractivity contribution in [2.45, 2.75) is 56.8 Å². The molecular weight excluding hydrogens is 362 g/mol. The van der Waals surface area contributed by atoms with Crippen molar-refractivity contribution in [3.8, 4) is 0 Å². The van der Waals surface area contributed by atoms with E-state index in [-0.39, 0.29) is 17.2 Å². The molecule has 2 aliphatic carbocycles. The van der Waals surface area contributed by atoms with E-state index in [9.17, 15) is 4.79 Å². The van der Waals surface area contributed by atoms with Gasteiger partial charge in [0.05, 0.1) is 6.42 Å². The van der Waals surface area contributed by atoms with Gasteiger partial charge in [0.15, 0.2) is 5.82 Å². The molecule has 6 heteroatoms. The van der Waals surface area contributed by atoms with Crippen LogP contribution in [0.3, 0.4) is 0 Å². The van der Waals surface area contributed by atoms with Gasteiger partial charge in [-0.05, 0) is 42.7 Å². The van der Waals surface area contributed by atoms with Crippen molar-refractivity contribution in [2.75, 3.05) is 13.1 Å². The maximum absolute atomic E-state index is 13.3. The van der Waals surface area contributed by atoms with E-state index in [2.05, 4.69) is 32.2 Å². The van der Waals surface area contributed by atoms with Gasteiger partial charge in [-0.15, -0.1) is 0 Å². The zero-order chi connectivity index (χ0) is 19.4. The second-order valence-electron chi connectivity index (χ2n) is 9.29. The highest BCUT2D eigenvalue weighted by Crippen LogP contribution is 2.53. The number of para-hydroxylation sites is 1. The Balaban J connectivity index is 1.25. The summed E-state index contributed by atoms with van der Waals surface area (Å²) >= 11 is 0. The van der Waals surface area contributed by atoms with Gasteiger partial charge in [0, 0.05) is 42.0 Å². The lowest BCUT2D eigenvalue weighted by Crippen LogP contribution is -2.32. The second kappa shape index (κ2) is 6.44. The normalized spacial score (nSPS) is 23.4. The van der Waals surface area contributed by atoms with Crippen LogP contribution in [-0.2, 0) is 11.2 Å². The van der Waals surface area contributed by atoms with E-state index in [1.165, 1.54) is 38.5 Å². The first-order valence-electron chi connectivity index (χ1n) is 11.0. The second-order valence-corrected chi connectivity index (χ2v) is 9.29. The molecule has 1 spiro atoms. The van der Waals surface area contributed by atoms with E-state index in [0.717, 1.165) is 41.2 Å². The minimum atomic E-state index is 0.177. The molecule has 1 unspecified atom stereocenters. The van der Waals surface area contributed by atoms with E-state index in [1.807, 2.05) is 18.3 Å². The van der Waals surface area contributed by atoms with Crippen LogP contribution in [-0.4, -0.2) is 44.1 Å². The number of carbonyl (C=O) groups is 1. The summed E-state index contributed by atoms with van der Waals surface area (Å²) in [7, 11) is 0. The molecule has 1 aromatic carbocycles. The number of nitrogens with one attached hydrogen (secondary N) is 2. The number of H-pyrrole nitrogens is 2. The Hall–Kier alpha value is -2.63. The Morgan fingerprint density at radius 1 is 1.21 bits per heavy atom. The summed E-state index contributed by atoms with van der Waals surface area (Å²) in [6, 6.07) is 8.20. The summed E-state index contributed by atoms with van der Waals surface area (Å²) in [5.41, 5.74) is 2.36. The summed E-state index contributed by atoms with van der Waals surface area (Å²) in [4.78, 5) is 23.5. The standard InChI is InChI=1S/C23H27N5O/c29-20(11-16-12-24-19-6-2-1-5-17(16)19)28-13-18(23(14-28)9-3-4-10-23)22-25-21(26-27-22)15-7-8-15/h1-2,5-6,12,15,18,24H,3-4,7-11,13-14H2,(H,25,26,27). The first-order valence-corrected chi connectivity index (χ1v) is 11.0. The van der Waals surface area contributed by atoms with Crippen LogP contribution >= 0.6 is 0 Å². The number of fused-ring (bicyclic) bond motifs is 1. The molecule has 29 heavy (non-hydrogen) atoms. The highest BCUT2D eigenvalue weighted by molar-refractivity contribution is 5.89. The molecule has 3 aliphatic rings. The van der Waals surface area contributed by atoms with Crippen molar-refractivity contribution in [2.24, 2.45) is 5.41 Å². The fourth-order valence-electron chi connectivity index (χ4n) is 5.64. The number of hydrogen-bond acceptors (Lipinski definition) is 3. The molecule has 1 aliphatic heterocycles. The highest BCUT2D eigenvalue weighted by atomic mass is 16.2. The molecule has 6 rings (SSSR count). The Kier molecular flexibility index (Phi) is 3.83. The van der Waals surface area contributed by atoms with Crippen molar-refractivity contribution in [1.29, 1.82) is 0 Å². The minimum absolute atomic E-state index is 0.177. The molecule has 1 saturated heterocycles. The minimum Gasteiger partial charge on any atom is -0.361 e. The first-order chi connectivity index (χ1) is 14.2. The van der Waals surface area contributed by atoms with Crippen LogP contribution < -0.4 is 0 Å². The molecular formula is C23H27N5O. The van der Waals surface area contributed by atoms with Gasteiger partial charge in [-0.2, -0.15) is 5.10 Å². The van der Waals surface area contributed by atoms with Gasteiger partial charge < -0.3 is 9.88 Å². The average molecular weight is 390 g/mol. The fraction of sp³-hybridized carbons (Fsp3) is 0.522. The number of carbonyl (C=O) groups excluding carboxylic acids is 1. The Morgan fingerprint density at radius 2 is 2.03 bits per heavy atom. The lowest BCUT2D eigenvalue weighted by molar-refractivity contribution is -0.129. The first kappa shape index (κ1) is 17.2. The van der Waals surface area contributed by atoms with Crippen LogP contribution in [0, 0.1) is 5.41 Å². The number of rotatable bonds is 4. The molecule has 2 saturated carbocycles. The fourth-order valence-corrected chi connectivity index (χ4v) is 5.64. The van der Waals surface area contributed by atoms with E-state index < -0.39 is 0 Å². The summed E-state index contributed by atoms with van der Waals surface area (Å²) in [6.45, 7) is 1.62. The largest absolute Gasteiger partial charge is 0.361 e. The summed E-state index contributed by atoms with van der Waals surface area (Å²) in [6.07, 6.45) is 9.75. The van der Waals surface area contributed by atoms with E-state index >= 15 is 0 Å². The number of likely N-dealkylation sites (tertiary alicyclic amines) is 1. The van der Waals surface area contributed by atoms with Gasteiger partial charge in [-0.1, -0.05) is 31.0 Å². The van der Waals surface area contributed by atoms with E-state index in [1.54, 1.807) is 0 Å². The molecule has 3 heterocycles.